The number of benzene rings is 1. The second kappa shape index (κ2) is 4.97. The molecule has 0 saturated heterocycles. The number of carboxylic acids is 1. The molecule has 2 rings (SSSR count). The maximum atomic E-state index is 11.3. The van der Waals surface area contributed by atoms with Crippen LogP contribution in [0.4, 0.5) is 11.4 Å². The normalized spacial score (nSPS) is 16.8. The number of carbonyl (C=O) groups is 1. The van der Waals surface area contributed by atoms with Gasteiger partial charge in [0, 0.05) is 6.07 Å². The summed E-state index contributed by atoms with van der Waals surface area (Å²) in [5, 5.41) is 27.8. The van der Waals surface area contributed by atoms with Gasteiger partial charge in [-0.15, -0.1) is 0 Å². The zero-order valence-electron chi connectivity index (χ0n) is 10.8. The van der Waals surface area contributed by atoms with E-state index in [1.807, 2.05) is 0 Å². The van der Waals surface area contributed by atoms with Crippen LogP contribution in [0.15, 0.2) is 23.1 Å². The number of rotatable bonds is 5. The zero-order chi connectivity index (χ0) is 15.8. The minimum Gasteiger partial charge on any atom is -0.480 e. The molecule has 0 aromatic heterocycles. The average molecular weight is 315 g/mol. The molecular weight excluding hydrogens is 302 g/mol. The van der Waals surface area contributed by atoms with Gasteiger partial charge >= 0.3 is 5.97 Å². The molecule has 0 spiro atoms. The number of nitrogens with two attached hydrogens (primary N) is 1. The van der Waals surface area contributed by atoms with Crippen LogP contribution in [-0.4, -0.2) is 30.0 Å². The quantitative estimate of drug-likeness (QED) is 0.533. The first kappa shape index (κ1) is 15.2. The highest BCUT2D eigenvalue weighted by atomic mass is 32.2. The van der Waals surface area contributed by atoms with Crippen LogP contribution in [0.3, 0.4) is 0 Å². The van der Waals surface area contributed by atoms with Crippen LogP contribution in [-0.2, 0) is 14.8 Å². The molecule has 0 amide bonds. The van der Waals surface area contributed by atoms with Crippen molar-refractivity contribution in [2.75, 3.05) is 5.32 Å². The molecule has 0 radical (unpaired) electrons. The Morgan fingerprint density at radius 1 is 1.43 bits per heavy atom. The summed E-state index contributed by atoms with van der Waals surface area (Å²) in [7, 11) is -4.08. The SMILES string of the molecule is NS(=O)(=O)c1ccc(NC2(C(=O)O)CCC2)c([N+](=O)[O-])c1. The number of anilines is 1. The first-order valence-electron chi connectivity index (χ1n) is 5.98. The summed E-state index contributed by atoms with van der Waals surface area (Å²) < 4.78 is 22.4. The first-order chi connectivity index (χ1) is 9.66. The molecule has 0 heterocycles. The van der Waals surface area contributed by atoms with E-state index < -0.39 is 37.0 Å². The fourth-order valence-corrected chi connectivity index (χ4v) is 2.66. The number of carboxylic acid groups (broad SMARTS) is 1. The Hall–Kier alpha value is -2.20. The highest BCUT2D eigenvalue weighted by Gasteiger charge is 2.45. The summed E-state index contributed by atoms with van der Waals surface area (Å²) in [6, 6.07) is 3.06. The van der Waals surface area contributed by atoms with Gasteiger partial charge in [0.2, 0.25) is 10.0 Å². The van der Waals surface area contributed by atoms with E-state index in [2.05, 4.69) is 5.32 Å². The molecule has 1 aromatic carbocycles. The van der Waals surface area contributed by atoms with E-state index in [4.69, 9.17) is 5.14 Å². The minimum absolute atomic E-state index is 0.0468. The summed E-state index contributed by atoms with van der Waals surface area (Å²) in [4.78, 5) is 21.1. The smallest absolute Gasteiger partial charge is 0.329 e. The van der Waals surface area contributed by atoms with Crippen LogP contribution < -0.4 is 10.5 Å². The molecule has 21 heavy (non-hydrogen) atoms. The molecule has 1 aromatic rings. The van der Waals surface area contributed by atoms with E-state index in [1.54, 1.807) is 0 Å². The van der Waals surface area contributed by atoms with Crippen molar-refractivity contribution >= 4 is 27.4 Å². The van der Waals surface area contributed by atoms with E-state index >= 15 is 0 Å². The Morgan fingerprint density at radius 2 is 2.05 bits per heavy atom. The summed E-state index contributed by atoms with van der Waals surface area (Å²) in [6.07, 6.45) is 1.38. The fourth-order valence-electron chi connectivity index (χ4n) is 2.13. The van der Waals surface area contributed by atoms with Gasteiger partial charge in [-0.2, -0.15) is 0 Å². The Balaban J connectivity index is 2.45. The predicted octanol–water partition coefficient (Wildman–Crippen LogP) is 0.661. The van der Waals surface area contributed by atoms with Crippen molar-refractivity contribution in [3.63, 3.8) is 0 Å². The van der Waals surface area contributed by atoms with E-state index in [-0.39, 0.29) is 5.69 Å². The van der Waals surface area contributed by atoms with Gasteiger partial charge in [0.05, 0.1) is 9.82 Å². The Morgan fingerprint density at radius 3 is 2.43 bits per heavy atom. The number of nitro benzene ring substituents is 1. The van der Waals surface area contributed by atoms with Crippen LogP contribution in [0.25, 0.3) is 0 Å². The topological polar surface area (TPSA) is 153 Å². The molecule has 9 nitrogen and oxygen atoms in total. The lowest BCUT2D eigenvalue weighted by Gasteiger charge is -2.38. The van der Waals surface area contributed by atoms with Crippen molar-refractivity contribution in [2.45, 2.75) is 29.7 Å². The highest BCUT2D eigenvalue weighted by molar-refractivity contribution is 7.89. The van der Waals surface area contributed by atoms with Gasteiger partial charge in [0.25, 0.3) is 5.69 Å². The molecule has 1 fully saturated rings. The van der Waals surface area contributed by atoms with Gasteiger partial charge in [-0.25, -0.2) is 18.4 Å². The summed E-state index contributed by atoms with van der Waals surface area (Å²) >= 11 is 0. The Bertz CT molecular complexity index is 711. The average Bonchev–Trinajstić information content (AvgIpc) is 2.31. The number of nitrogens with zero attached hydrogens (tertiary/aromatic N) is 1. The standard InChI is InChI=1S/C11H13N3O6S/c12-21(19,20)7-2-3-8(9(6-7)14(17)18)13-11(10(15)16)4-1-5-11/h2-3,6,13H,1,4-5H2,(H,15,16)(H2,12,19,20). The lowest BCUT2D eigenvalue weighted by atomic mass is 9.76. The zero-order valence-corrected chi connectivity index (χ0v) is 11.6. The molecule has 0 atom stereocenters. The molecule has 1 aliphatic carbocycles. The van der Waals surface area contributed by atoms with Gasteiger partial charge in [-0.1, -0.05) is 0 Å². The van der Waals surface area contributed by atoms with Crippen molar-refractivity contribution in [1.29, 1.82) is 0 Å². The molecule has 0 unspecified atom stereocenters. The van der Waals surface area contributed by atoms with Gasteiger partial charge in [-0.05, 0) is 31.4 Å². The number of sulfonamides is 1. The number of nitro groups is 1. The van der Waals surface area contributed by atoms with Gasteiger partial charge in [0.1, 0.15) is 11.2 Å². The lowest BCUT2D eigenvalue weighted by Crippen LogP contribution is -2.52. The van der Waals surface area contributed by atoms with Crippen LogP contribution >= 0.6 is 0 Å². The number of primary sulfonamides is 1. The number of nitrogens with one attached hydrogen (secondary N) is 1. The van der Waals surface area contributed by atoms with E-state index in [0.29, 0.717) is 19.3 Å². The first-order valence-corrected chi connectivity index (χ1v) is 7.53. The van der Waals surface area contributed by atoms with Crippen molar-refractivity contribution in [1.82, 2.24) is 0 Å². The third-order valence-electron chi connectivity index (χ3n) is 3.48. The van der Waals surface area contributed by atoms with Crippen LogP contribution in [0.2, 0.25) is 0 Å². The van der Waals surface area contributed by atoms with Gasteiger partial charge < -0.3 is 10.4 Å². The lowest BCUT2D eigenvalue weighted by molar-refractivity contribution is -0.384. The second-order valence-electron chi connectivity index (χ2n) is 4.85. The summed E-state index contributed by atoms with van der Waals surface area (Å²) in [6.45, 7) is 0. The number of hydrogen-bond acceptors (Lipinski definition) is 6. The minimum atomic E-state index is -4.08. The maximum Gasteiger partial charge on any atom is 0.329 e. The Kier molecular flexibility index (Phi) is 3.59. The van der Waals surface area contributed by atoms with Crippen LogP contribution in [0.5, 0.6) is 0 Å². The van der Waals surface area contributed by atoms with Crippen molar-refractivity contribution in [3.05, 3.63) is 28.3 Å². The Labute approximate surface area is 120 Å². The summed E-state index contributed by atoms with van der Waals surface area (Å²) in [5.74, 6) is -1.10. The molecule has 0 bridgehead atoms. The molecule has 114 valence electrons. The molecular formula is C11H13N3O6S. The van der Waals surface area contributed by atoms with E-state index in [1.165, 1.54) is 0 Å². The van der Waals surface area contributed by atoms with Gasteiger partial charge in [0.15, 0.2) is 0 Å². The third kappa shape index (κ3) is 2.81. The third-order valence-corrected chi connectivity index (χ3v) is 4.40. The van der Waals surface area contributed by atoms with E-state index in [0.717, 1.165) is 18.2 Å². The van der Waals surface area contributed by atoms with Crippen LogP contribution in [0, 0.1) is 10.1 Å². The maximum absolute atomic E-state index is 11.3. The predicted molar refractivity (Wildman–Crippen MR) is 72.3 cm³/mol. The molecule has 0 aliphatic heterocycles. The van der Waals surface area contributed by atoms with Crippen LogP contribution in [0.1, 0.15) is 19.3 Å². The van der Waals surface area contributed by atoms with Gasteiger partial charge in [-0.3, -0.25) is 10.1 Å². The largest absolute Gasteiger partial charge is 0.480 e. The number of aliphatic carboxylic acids is 1. The molecule has 1 saturated carbocycles. The monoisotopic (exact) mass is 315 g/mol. The highest BCUT2D eigenvalue weighted by Crippen LogP contribution is 2.38. The fraction of sp³-hybridized carbons (Fsp3) is 0.364. The molecule has 1 aliphatic rings. The van der Waals surface area contributed by atoms with Crippen molar-refractivity contribution in [2.24, 2.45) is 5.14 Å². The van der Waals surface area contributed by atoms with E-state index in [9.17, 15) is 28.4 Å². The van der Waals surface area contributed by atoms with Crippen molar-refractivity contribution < 1.29 is 23.2 Å². The van der Waals surface area contributed by atoms with Crippen molar-refractivity contribution in [3.8, 4) is 0 Å². The molecule has 4 N–H and O–H groups in total. The summed E-state index contributed by atoms with van der Waals surface area (Å²) in [5.41, 5.74) is -1.82. The number of hydrogen-bond donors (Lipinski definition) is 3. The second-order valence-corrected chi connectivity index (χ2v) is 6.41. The molecule has 10 heteroatoms.